The van der Waals surface area contributed by atoms with Crippen LogP contribution in [0.5, 0.6) is 0 Å². The van der Waals surface area contributed by atoms with Crippen LogP contribution in [0.3, 0.4) is 0 Å². The quantitative estimate of drug-likeness (QED) is 0.238. The van der Waals surface area contributed by atoms with Crippen LogP contribution in [-0.2, 0) is 29.7 Å². The summed E-state index contributed by atoms with van der Waals surface area (Å²) < 4.78 is 41.2. The van der Waals surface area contributed by atoms with Gasteiger partial charge in [-0.05, 0) is 36.6 Å². The third-order valence-corrected chi connectivity index (χ3v) is 9.11. The highest BCUT2D eigenvalue weighted by Gasteiger charge is 2.54. The van der Waals surface area contributed by atoms with E-state index in [2.05, 4.69) is 10.5 Å². The highest BCUT2D eigenvalue weighted by molar-refractivity contribution is 7.88. The zero-order valence-electron chi connectivity index (χ0n) is 24.0. The highest BCUT2D eigenvalue weighted by atomic mass is 35.5. The van der Waals surface area contributed by atoms with Gasteiger partial charge in [-0.2, -0.15) is 4.31 Å². The molecular formula is C31H30ClN3O7S. The van der Waals surface area contributed by atoms with Crippen LogP contribution in [0.1, 0.15) is 29.8 Å². The van der Waals surface area contributed by atoms with Crippen molar-refractivity contribution in [3.63, 3.8) is 0 Å². The van der Waals surface area contributed by atoms with Gasteiger partial charge in [-0.1, -0.05) is 83.5 Å². The number of halogens is 1. The van der Waals surface area contributed by atoms with Gasteiger partial charge < -0.3 is 14.0 Å². The van der Waals surface area contributed by atoms with Crippen molar-refractivity contribution in [1.29, 1.82) is 0 Å². The van der Waals surface area contributed by atoms with Crippen LogP contribution >= 0.6 is 11.6 Å². The second-order valence-electron chi connectivity index (χ2n) is 10.4. The molecule has 1 aromatic heterocycles. The number of nitrogens with zero attached hydrogens (tertiary/aromatic N) is 2. The predicted molar refractivity (Wildman–Crippen MR) is 162 cm³/mol. The Morgan fingerprint density at radius 1 is 1.00 bits per heavy atom. The Morgan fingerprint density at radius 2 is 1.58 bits per heavy atom. The van der Waals surface area contributed by atoms with Gasteiger partial charge in [-0.25, -0.2) is 13.2 Å². The molecule has 4 aromatic rings. The van der Waals surface area contributed by atoms with E-state index in [1.165, 1.54) is 11.4 Å². The topological polar surface area (TPSA) is 128 Å². The van der Waals surface area contributed by atoms with Gasteiger partial charge in [0.05, 0.1) is 13.4 Å². The molecule has 1 aliphatic heterocycles. The summed E-state index contributed by atoms with van der Waals surface area (Å²) in [5.41, 5.74) is 3.69. The van der Waals surface area contributed by atoms with E-state index < -0.39 is 33.6 Å². The number of hydrogen-bond donors (Lipinski definition) is 1. The van der Waals surface area contributed by atoms with Crippen molar-refractivity contribution >= 4 is 39.4 Å². The zero-order valence-corrected chi connectivity index (χ0v) is 25.5. The number of hydrogen-bond acceptors (Lipinski definition) is 8. The summed E-state index contributed by atoms with van der Waals surface area (Å²) in [6.45, 7) is 3.52. The Bertz CT molecular complexity index is 1760. The third kappa shape index (κ3) is 6.01. The number of ether oxygens (including phenoxy) is 2. The van der Waals surface area contributed by atoms with Crippen LogP contribution in [0.25, 0.3) is 22.5 Å². The highest BCUT2D eigenvalue weighted by Crippen LogP contribution is 2.39. The minimum Gasteiger partial charge on any atom is -0.468 e. The number of carbonyl (C=O) groups excluding carboxylic acids is 2. The average Bonchev–Trinajstić information content (AvgIpc) is 3.31. The summed E-state index contributed by atoms with van der Waals surface area (Å²) in [6, 6.07) is 22.0. The van der Waals surface area contributed by atoms with Crippen molar-refractivity contribution in [3.8, 4) is 22.5 Å². The molecule has 43 heavy (non-hydrogen) atoms. The molecule has 3 aromatic carbocycles. The lowest BCUT2D eigenvalue weighted by Gasteiger charge is -2.46. The van der Waals surface area contributed by atoms with Gasteiger partial charge in [0, 0.05) is 29.2 Å². The van der Waals surface area contributed by atoms with Crippen LogP contribution in [-0.4, -0.2) is 56.4 Å². The van der Waals surface area contributed by atoms with Crippen molar-refractivity contribution in [2.75, 3.05) is 31.8 Å². The molecule has 224 valence electrons. The lowest BCUT2D eigenvalue weighted by Crippen LogP contribution is -2.65. The monoisotopic (exact) mass is 623 g/mol. The largest absolute Gasteiger partial charge is 0.468 e. The van der Waals surface area contributed by atoms with Crippen LogP contribution in [0, 0.1) is 6.92 Å². The molecule has 0 aliphatic carbocycles. The molecule has 1 saturated heterocycles. The van der Waals surface area contributed by atoms with Crippen LogP contribution in [0.4, 0.5) is 10.5 Å². The number of nitrogens with one attached hydrogen (secondary N) is 1. The van der Waals surface area contributed by atoms with E-state index in [1.54, 1.807) is 32.0 Å². The third-order valence-electron chi connectivity index (χ3n) is 7.57. The molecule has 1 atom stereocenters. The fourth-order valence-corrected chi connectivity index (χ4v) is 6.28. The fourth-order valence-electron chi connectivity index (χ4n) is 5.09. The Hall–Kier alpha value is -4.19. The molecule has 1 amide bonds. The number of sulfonamides is 1. The first kappa shape index (κ1) is 30.3. The summed E-state index contributed by atoms with van der Waals surface area (Å²) >= 11 is 6.23. The molecule has 1 N–H and O–H groups in total. The molecule has 1 aliphatic rings. The molecule has 10 nitrogen and oxygen atoms in total. The summed E-state index contributed by atoms with van der Waals surface area (Å²) in [4.78, 5) is 25.4. The maximum Gasteiger partial charge on any atom is 0.412 e. The second kappa shape index (κ2) is 11.8. The lowest BCUT2D eigenvalue weighted by molar-refractivity contribution is -0.152. The van der Waals surface area contributed by atoms with E-state index in [1.807, 2.05) is 54.6 Å². The Kier molecular flexibility index (Phi) is 8.33. The number of aryl methyl sites for hydroxylation is 1. The predicted octanol–water partition coefficient (Wildman–Crippen LogP) is 5.97. The maximum absolute atomic E-state index is 12.7. The second-order valence-corrected chi connectivity index (χ2v) is 12.8. The van der Waals surface area contributed by atoms with Gasteiger partial charge in [0.2, 0.25) is 10.0 Å². The number of carbonyl (C=O) groups is 2. The summed E-state index contributed by atoms with van der Waals surface area (Å²) in [7, 11) is -2.12. The number of rotatable bonds is 8. The van der Waals surface area contributed by atoms with Crippen molar-refractivity contribution in [2.24, 2.45) is 0 Å². The Morgan fingerprint density at radius 3 is 2.16 bits per heavy atom. The zero-order chi connectivity index (χ0) is 30.9. The van der Waals surface area contributed by atoms with Crippen LogP contribution in [0.15, 0.2) is 77.3 Å². The summed E-state index contributed by atoms with van der Waals surface area (Å²) in [6.07, 6.45) is -0.130. The van der Waals surface area contributed by atoms with Crippen molar-refractivity contribution in [3.05, 3.63) is 94.6 Å². The van der Waals surface area contributed by atoms with E-state index in [4.69, 9.17) is 25.6 Å². The number of esters is 1. The van der Waals surface area contributed by atoms with Gasteiger partial charge in [0.15, 0.2) is 5.76 Å². The smallest absolute Gasteiger partial charge is 0.412 e. The molecule has 12 heteroatoms. The van der Waals surface area contributed by atoms with Gasteiger partial charge in [-0.3, -0.25) is 10.1 Å². The molecule has 0 spiro atoms. The van der Waals surface area contributed by atoms with E-state index in [0.717, 1.165) is 17.4 Å². The normalized spacial score (nSPS) is 15.3. The first-order valence-electron chi connectivity index (χ1n) is 13.4. The van der Waals surface area contributed by atoms with Crippen molar-refractivity contribution in [2.45, 2.75) is 25.4 Å². The molecule has 0 saturated carbocycles. The molecule has 0 unspecified atom stereocenters. The number of anilines is 1. The Labute approximate surface area is 254 Å². The first-order valence-corrected chi connectivity index (χ1v) is 15.6. The molecule has 5 rings (SSSR count). The van der Waals surface area contributed by atoms with Crippen LogP contribution in [0.2, 0.25) is 5.02 Å². The van der Waals surface area contributed by atoms with E-state index in [-0.39, 0.29) is 13.1 Å². The van der Waals surface area contributed by atoms with E-state index in [0.29, 0.717) is 38.9 Å². The lowest BCUT2D eigenvalue weighted by atomic mass is 9.75. The number of aromatic nitrogens is 1. The maximum atomic E-state index is 12.7. The van der Waals surface area contributed by atoms with E-state index >= 15 is 0 Å². The summed E-state index contributed by atoms with van der Waals surface area (Å²) in [5, 5.41) is 7.27. The average molecular weight is 624 g/mol. The minimum absolute atomic E-state index is 0.0337. The molecule has 1 fully saturated rings. The van der Waals surface area contributed by atoms with Crippen molar-refractivity contribution in [1.82, 2.24) is 9.46 Å². The molecule has 2 heterocycles. The van der Waals surface area contributed by atoms with Crippen LogP contribution < -0.4 is 5.32 Å². The standard InChI is InChI=1S/C31H30ClN3O7S/c1-19-27(33-30(37)41-20(2)25-7-5-6-8-26(25)32)28(42-34-19)23-11-9-21(10-12-23)22-13-15-24(16-14-22)31(29(36)40-3)17-35(18-31)43(4,38)39/h5-16,20H,17-18H2,1-4H3,(H,33,37)/t20-/m1/s1. The van der Waals surface area contributed by atoms with Gasteiger partial charge in [-0.15, -0.1) is 0 Å². The molecule has 0 bridgehead atoms. The van der Waals surface area contributed by atoms with Crippen molar-refractivity contribution < 1.29 is 32.0 Å². The SMILES string of the molecule is COC(=O)C1(c2ccc(-c3ccc(-c4onc(C)c4NC(=O)O[C@H](C)c4ccccc4Cl)cc3)cc2)CN(S(C)(=O)=O)C1. The minimum atomic E-state index is -3.41. The van der Waals surface area contributed by atoms with E-state index in [9.17, 15) is 18.0 Å². The number of benzene rings is 3. The van der Waals surface area contributed by atoms with Gasteiger partial charge in [0.1, 0.15) is 22.9 Å². The first-order chi connectivity index (χ1) is 20.4. The Balaban J connectivity index is 1.31. The summed E-state index contributed by atoms with van der Waals surface area (Å²) in [5.74, 6) is -0.0966. The number of methoxy groups -OCH3 is 1. The van der Waals surface area contributed by atoms with Gasteiger partial charge in [0.25, 0.3) is 0 Å². The molecule has 0 radical (unpaired) electrons. The fraction of sp³-hybridized carbons (Fsp3) is 0.258. The van der Waals surface area contributed by atoms with Gasteiger partial charge >= 0.3 is 12.1 Å². The number of amides is 1. The molecular weight excluding hydrogens is 594 g/mol.